The molecule has 0 aliphatic carbocycles. The molecule has 88 valence electrons. The van der Waals surface area contributed by atoms with Crippen molar-refractivity contribution < 1.29 is 0 Å². The number of halogens is 1. The fourth-order valence-electron chi connectivity index (χ4n) is 2.05. The number of hydrogen-bond acceptors (Lipinski definition) is 4. The summed E-state index contributed by atoms with van der Waals surface area (Å²) in [6.45, 7) is 1.67. The van der Waals surface area contributed by atoms with Gasteiger partial charge in [-0.15, -0.1) is 11.3 Å². The van der Waals surface area contributed by atoms with E-state index in [2.05, 4.69) is 26.5 Å². The third-order valence-corrected chi connectivity index (χ3v) is 4.31. The van der Waals surface area contributed by atoms with Crippen molar-refractivity contribution in [2.45, 2.75) is 13.0 Å². The standard InChI is InChI=1S/C11H10ClN3OS/c12-10-8(5-13-14-11(10)16)15-3-1-9-7(6-15)2-4-17-9/h2,4-5H,1,3,6H2,(H,14,16). The van der Waals surface area contributed by atoms with Gasteiger partial charge in [0.15, 0.2) is 0 Å². The zero-order chi connectivity index (χ0) is 11.8. The number of fused-ring (bicyclic) bond motifs is 1. The number of hydrogen-bond donors (Lipinski definition) is 1. The number of rotatable bonds is 1. The van der Waals surface area contributed by atoms with Gasteiger partial charge in [0.2, 0.25) is 0 Å². The number of aromatic amines is 1. The number of nitrogens with zero attached hydrogens (tertiary/aromatic N) is 2. The number of H-pyrrole nitrogens is 1. The van der Waals surface area contributed by atoms with Crippen LogP contribution in [-0.4, -0.2) is 16.7 Å². The summed E-state index contributed by atoms with van der Waals surface area (Å²) in [5.74, 6) is 0. The third kappa shape index (κ3) is 1.85. The molecule has 0 unspecified atom stereocenters. The van der Waals surface area contributed by atoms with Gasteiger partial charge in [-0.2, -0.15) is 5.10 Å². The van der Waals surface area contributed by atoms with E-state index in [1.54, 1.807) is 17.5 Å². The molecule has 0 fully saturated rings. The van der Waals surface area contributed by atoms with Crippen molar-refractivity contribution in [1.29, 1.82) is 0 Å². The Labute approximate surface area is 107 Å². The molecular formula is C11H10ClN3OS. The van der Waals surface area contributed by atoms with Crippen LogP contribution in [0.3, 0.4) is 0 Å². The Morgan fingerprint density at radius 2 is 2.41 bits per heavy atom. The van der Waals surface area contributed by atoms with Crippen molar-refractivity contribution in [3.8, 4) is 0 Å². The molecule has 1 aliphatic heterocycles. The van der Waals surface area contributed by atoms with Crippen molar-refractivity contribution in [1.82, 2.24) is 10.2 Å². The van der Waals surface area contributed by atoms with E-state index in [1.165, 1.54) is 10.4 Å². The van der Waals surface area contributed by atoms with E-state index in [1.807, 2.05) is 0 Å². The Bertz CT molecular complexity index is 607. The SMILES string of the molecule is O=c1[nH]ncc(N2CCc3sccc3C2)c1Cl. The molecule has 2 aromatic heterocycles. The summed E-state index contributed by atoms with van der Waals surface area (Å²) in [5.41, 5.74) is 1.70. The van der Waals surface area contributed by atoms with Crippen molar-refractivity contribution in [3.63, 3.8) is 0 Å². The molecule has 0 atom stereocenters. The highest BCUT2D eigenvalue weighted by Crippen LogP contribution is 2.29. The Balaban J connectivity index is 1.97. The van der Waals surface area contributed by atoms with E-state index >= 15 is 0 Å². The minimum Gasteiger partial charge on any atom is -0.364 e. The smallest absolute Gasteiger partial charge is 0.285 e. The zero-order valence-electron chi connectivity index (χ0n) is 8.94. The van der Waals surface area contributed by atoms with Gasteiger partial charge in [-0.25, -0.2) is 5.10 Å². The van der Waals surface area contributed by atoms with Gasteiger partial charge in [-0.3, -0.25) is 4.79 Å². The molecule has 2 aromatic rings. The fraction of sp³-hybridized carbons (Fsp3) is 0.273. The molecule has 0 spiro atoms. The van der Waals surface area contributed by atoms with E-state index in [-0.39, 0.29) is 10.6 Å². The van der Waals surface area contributed by atoms with E-state index in [4.69, 9.17) is 11.6 Å². The van der Waals surface area contributed by atoms with Gasteiger partial charge in [0.1, 0.15) is 5.02 Å². The predicted octanol–water partition coefficient (Wildman–Crippen LogP) is 2.05. The summed E-state index contributed by atoms with van der Waals surface area (Å²) in [5, 5.41) is 8.46. The van der Waals surface area contributed by atoms with Crippen LogP contribution in [0.15, 0.2) is 22.4 Å². The maximum atomic E-state index is 11.4. The monoisotopic (exact) mass is 267 g/mol. The molecule has 6 heteroatoms. The van der Waals surface area contributed by atoms with E-state index in [0.29, 0.717) is 5.69 Å². The fourth-order valence-corrected chi connectivity index (χ4v) is 3.15. The normalized spacial score (nSPS) is 14.8. The summed E-state index contributed by atoms with van der Waals surface area (Å²) >= 11 is 7.79. The Kier molecular flexibility index (Phi) is 2.64. The maximum Gasteiger partial charge on any atom is 0.285 e. The summed E-state index contributed by atoms with van der Waals surface area (Å²) in [6.07, 6.45) is 2.61. The van der Waals surface area contributed by atoms with Crippen molar-refractivity contribution >= 4 is 28.6 Å². The van der Waals surface area contributed by atoms with Crippen LogP contribution in [-0.2, 0) is 13.0 Å². The molecule has 0 saturated carbocycles. The molecule has 0 radical (unpaired) electrons. The van der Waals surface area contributed by atoms with Crippen molar-refractivity contribution in [2.75, 3.05) is 11.4 Å². The first kappa shape index (κ1) is 10.8. The largest absolute Gasteiger partial charge is 0.364 e. The molecule has 3 heterocycles. The molecule has 1 N–H and O–H groups in total. The lowest BCUT2D eigenvalue weighted by molar-refractivity contribution is 0.738. The molecule has 0 amide bonds. The van der Waals surface area contributed by atoms with Gasteiger partial charge in [-0.05, 0) is 23.4 Å². The molecule has 1 aliphatic rings. The van der Waals surface area contributed by atoms with Gasteiger partial charge >= 0.3 is 0 Å². The van der Waals surface area contributed by atoms with Crippen LogP contribution in [0.2, 0.25) is 5.02 Å². The second-order valence-corrected chi connectivity index (χ2v) is 5.32. The second-order valence-electron chi connectivity index (χ2n) is 3.94. The minimum atomic E-state index is -0.333. The maximum absolute atomic E-state index is 11.4. The number of aromatic nitrogens is 2. The van der Waals surface area contributed by atoms with E-state index in [9.17, 15) is 4.79 Å². The van der Waals surface area contributed by atoms with Crippen molar-refractivity contribution in [3.05, 3.63) is 43.5 Å². The Hall–Kier alpha value is -1.33. The van der Waals surface area contributed by atoms with Gasteiger partial charge < -0.3 is 4.90 Å². The Morgan fingerprint density at radius 1 is 1.53 bits per heavy atom. The predicted molar refractivity (Wildman–Crippen MR) is 68.9 cm³/mol. The Morgan fingerprint density at radius 3 is 3.29 bits per heavy atom. The van der Waals surface area contributed by atoms with Crippen LogP contribution in [0, 0.1) is 0 Å². The lowest BCUT2D eigenvalue weighted by atomic mass is 10.1. The molecule has 4 nitrogen and oxygen atoms in total. The van der Waals surface area contributed by atoms with Crippen LogP contribution in [0.1, 0.15) is 10.4 Å². The quantitative estimate of drug-likeness (QED) is 0.860. The molecular weight excluding hydrogens is 258 g/mol. The summed E-state index contributed by atoms with van der Waals surface area (Å²) in [7, 11) is 0. The first-order valence-electron chi connectivity index (χ1n) is 5.29. The number of thiophene rings is 1. The lowest BCUT2D eigenvalue weighted by Crippen LogP contribution is -2.31. The average Bonchev–Trinajstić information content (AvgIpc) is 2.79. The number of nitrogens with one attached hydrogen (secondary N) is 1. The van der Waals surface area contributed by atoms with Crippen LogP contribution in [0.25, 0.3) is 0 Å². The van der Waals surface area contributed by atoms with E-state index < -0.39 is 0 Å². The molecule has 0 aromatic carbocycles. The van der Waals surface area contributed by atoms with Gasteiger partial charge in [0.25, 0.3) is 5.56 Å². The molecule has 0 saturated heterocycles. The summed E-state index contributed by atoms with van der Waals surface area (Å²) in [4.78, 5) is 14.9. The molecule has 0 bridgehead atoms. The highest BCUT2D eigenvalue weighted by atomic mass is 35.5. The highest BCUT2D eigenvalue weighted by Gasteiger charge is 2.20. The van der Waals surface area contributed by atoms with Crippen LogP contribution in [0.4, 0.5) is 5.69 Å². The minimum absolute atomic E-state index is 0.221. The lowest BCUT2D eigenvalue weighted by Gasteiger charge is -2.28. The van der Waals surface area contributed by atoms with Gasteiger partial charge in [0.05, 0.1) is 11.9 Å². The van der Waals surface area contributed by atoms with Crippen LogP contribution < -0.4 is 10.5 Å². The average molecular weight is 268 g/mol. The second kappa shape index (κ2) is 4.16. The van der Waals surface area contributed by atoms with Crippen molar-refractivity contribution in [2.24, 2.45) is 0 Å². The third-order valence-electron chi connectivity index (χ3n) is 2.93. The van der Waals surface area contributed by atoms with Crippen LogP contribution in [0.5, 0.6) is 0 Å². The molecule has 17 heavy (non-hydrogen) atoms. The van der Waals surface area contributed by atoms with Gasteiger partial charge in [-0.1, -0.05) is 11.6 Å². The van der Waals surface area contributed by atoms with Crippen LogP contribution >= 0.6 is 22.9 Å². The first-order chi connectivity index (χ1) is 8.25. The first-order valence-corrected chi connectivity index (χ1v) is 6.55. The zero-order valence-corrected chi connectivity index (χ0v) is 10.5. The summed E-state index contributed by atoms with van der Waals surface area (Å²) in [6, 6.07) is 2.13. The van der Waals surface area contributed by atoms with E-state index in [0.717, 1.165) is 19.5 Å². The highest BCUT2D eigenvalue weighted by molar-refractivity contribution is 7.10. The topological polar surface area (TPSA) is 49.0 Å². The van der Waals surface area contributed by atoms with Gasteiger partial charge in [0, 0.05) is 18.0 Å². The summed E-state index contributed by atoms with van der Waals surface area (Å²) < 4.78 is 0. The molecule has 3 rings (SSSR count). The number of anilines is 1.